The zero-order valence-corrected chi connectivity index (χ0v) is 23.6. The number of aliphatic hydroxyl groups excluding tert-OH is 1. The second kappa shape index (κ2) is 13.1. The summed E-state index contributed by atoms with van der Waals surface area (Å²) in [7, 11) is 0. The molecule has 1 fully saturated rings. The molecule has 0 bridgehead atoms. The van der Waals surface area contributed by atoms with E-state index in [9.17, 15) is 9.90 Å². The minimum absolute atomic E-state index is 0.0822. The first-order valence-electron chi connectivity index (χ1n) is 14.7. The van der Waals surface area contributed by atoms with Gasteiger partial charge in [0, 0.05) is 23.5 Å². The Bertz CT molecular complexity index is 1300. The van der Waals surface area contributed by atoms with Gasteiger partial charge >= 0.3 is 0 Å². The van der Waals surface area contributed by atoms with Gasteiger partial charge in [0.2, 0.25) is 5.91 Å². The van der Waals surface area contributed by atoms with Gasteiger partial charge in [-0.05, 0) is 61.6 Å². The lowest BCUT2D eigenvalue weighted by atomic mass is 9.91. The number of ether oxygens (including phenoxy) is 1. The molecule has 3 aromatic rings. The predicted octanol–water partition coefficient (Wildman–Crippen LogP) is 6.72. The molecule has 1 heterocycles. The van der Waals surface area contributed by atoms with E-state index in [-0.39, 0.29) is 11.8 Å². The fourth-order valence-electron chi connectivity index (χ4n) is 5.52. The Morgan fingerprint density at radius 1 is 1.05 bits per heavy atom. The van der Waals surface area contributed by atoms with Crippen LogP contribution in [0, 0.1) is 11.8 Å². The predicted molar refractivity (Wildman–Crippen MR) is 161 cm³/mol. The Hall–Kier alpha value is -3.64. The van der Waals surface area contributed by atoms with Crippen LogP contribution in [0.1, 0.15) is 63.5 Å². The second-order valence-corrected chi connectivity index (χ2v) is 11.2. The van der Waals surface area contributed by atoms with E-state index >= 15 is 0 Å². The van der Waals surface area contributed by atoms with Crippen LogP contribution in [-0.4, -0.2) is 35.5 Å². The van der Waals surface area contributed by atoms with Crippen molar-refractivity contribution < 1.29 is 14.6 Å². The van der Waals surface area contributed by atoms with Crippen LogP contribution in [0.5, 0.6) is 11.5 Å². The van der Waals surface area contributed by atoms with E-state index in [1.165, 1.54) is 0 Å². The number of benzodiazepines with no additional fused rings is 1. The maximum atomic E-state index is 13.6. The summed E-state index contributed by atoms with van der Waals surface area (Å²) in [5, 5.41) is 14.1. The fourth-order valence-corrected chi connectivity index (χ4v) is 5.52. The number of para-hydroxylation sites is 2. The number of unbranched alkanes of at least 4 members (excludes halogenated alkanes) is 1. The summed E-state index contributed by atoms with van der Waals surface area (Å²) in [4.78, 5) is 20.8. The summed E-state index contributed by atoms with van der Waals surface area (Å²) < 4.78 is 6.08. The lowest BCUT2D eigenvalue weighted by molar-refractivity contribution is -0.129. The number of anilines is 1. The fraction of sp³-hybridized carbons (Fsp3) is 0.412. The van der Waals surface area contributed by atoms with E-state index in [0.717, 1.165) is 66.1 Å². The van der Waals surface area contributed by atoms with Crippen LogP contribution >= 0.6 is 0 Å². The number of fused-ring (bicyclic) bond motifs is 1. The highest BCUT2D eigenvalue weighted by Crippen LogP contribution is 2.37. The number of rotatable bonds is 12. The summed E-state index contributed by atoms with van der Waals surface area (Å²) in [6.07, 6.45) is 4.62. The number of nitrogens with zero attached hydrogens (tertiary/aromatic N) is 2. The third kappa shape index (κ3) is 7.30. The number of nitrogens with one attached hydrogen (secondary N) is 1. The Kier molecular flexibility index (Phi) is 9.17. The SMILES string of the molecule is CCCCC(O)C(CC1CC1)C(=O)NC1CN(Cc2cccc(Oc3ccccc3)c2)c2ccccc2C(C)=N1. The molecular formula is C34H41N3O3. The maximum Gasteiger partial charge on any atom is 0.227 e. The molecule has 6 nitrogen and oxygen atoms in total. The second-order valence-electron chi connectivity index (χ2n) is 11.2. The standard InChI is InChI=1S/C34H41N3O3/c1-3-4-17-32(38)30(21-25-18-19-25)34(39)36-33-23-37(31-16-9-8-15-29(31)24(2)35-33)22-26-11-10-14-28(20-26)40-27-12-6-5-7-13-27/h5-16,20,25,30,32-33,38H,3-4,17-19,21-23H2,1-2H3,(H,36,39). The van der Waals surface area contributed by atoms with Crippen molar-refractivity contribution in [3.8, 4) is 11.5 Å². The molecule has 0 saturated heterocycles. The van der Waals surface area contributed by atoms with Crippen LogP contribution in [0.3, 0.4) is 0 Å². The van der Waals surface area contributed by atoms with Gasteiger partial charge in [-0.2, -0.15) is 0 Å². The molecule has 1 aliphatic carbocycles. The number of aliphatic imine (C=N–C) groups is 1. The van der Waals surface area contributed by atoms with Crippen LogP contribution < -0.4 is 15.0 Å². The van der Waals surface area contributed by atoms with Gasteiger partial charge in [0.25, 0.3) is 0 Å². The number of carbonyl (C=O) groups excluding carboxylic acids is 1. The molecular weight excluding hydrogens is 498 g/mol. The Balaban J connectivity index is 1.35. The molecule has 1 saturated carbocycles. The molecule has 210 valence electrons. The first-order chi connectivity index (χ1) is 19.5. The average Bonchev–Trinajstić information content (AvgIpc) is 3.80. The van der Waals surface area contributed by atoms with Crippen molar-refractivity contribution in [1.29, 1.82) is 0 Å². The zero-order chi connectivity index (χ0) is 27.9. The van der Waals surface area contributed by atoms with Crippen LogP contribution in [0.25, 0.3) is 0 Å². The highest BCUT2D eigenvalue weighted by molar-refractivity contribution is 6.04. The number of hydrogen-bond donors (Lipinski definition) is 2. The number of amides is 1. The van der Waals surface area contributed by atoms with Crippen LogP contribution in [0.2, 0.25) is 0 Å². The first kappa shape index (κ1) is 27.9. The van der Waals surface area contributed by atoms with Crippen LogP contribution in [0.15, 0.2) is 83.9 Å². The number of hydrogen-bond acceptors (Lipinski definition) is 5. The molecule has 0 spiro atoms. The van der Waals surface area contributed by atoms with Crippen molar-refractivity contribution in [3.63, 3.8) is 0 Å². The smallest absolute Gasteiger partial charge is 0.227 e. The van der Waals surface area contributed by atoms with E-state index in [1.807, 2.05) is 61.5 Å². The summed E-state index contributed by atoms with van der Waals surface area (Å²) in [6, 6.07) is 26.2. The lowest BCUT2D eigenvalue weighted by Gasteiger charge is -2.29. The molecule has 5 rings (SSSR count). The third-order valence-corrected chi connectivity index (χ3v) is 7.88. The summed E-state index contributed by atoms with van der Waals surface area (Å²) in [5.74, 6) is 1.67. The number of aliphatic hydroxyl groups is 1. The minimum Gasteiger partial charge on any atom is -0.457 e. The molecule has 1 amide bonds. The highest BCUT2D eigenvalue weighted by Gasteiger charge is 2.35. The van der Waals surface area contributed by atoms with Gasteiger partial charge in [-0.15, -0.1) is 0 Å². The molecule has 40 heavy (non-hydrogen) atoms. The Morgan fingerprint density at radius 3 is 2.58 bits per heavy atom. The van der Waals surface area contributed by atoms with Crippen molar-refractivity contribution in [2.45, 2.75) is 71.2 Å². The van der Waals surface area contributed by atoms with E-state index in [1.54, 1.807) is 0 Å². The van der Waals surface area contributed by atoms with Crippen LogP contribution in [0.4, 0.5) is 5.69 Å². The lowest BCUT2D eigenvalue weighted by Crippen LogP contribution is -2.47. The molecule has 1 aliphatic heterocycles. The van der Waals surface area contributed by atoms with Gasteiger partial charge in [-0.1, -0.05) is 81.1 Å². The third-order valence-electron chi connectivity index (χ3n) is 7.88. The molecule has 2 N–H and O–H groups in total. The largest absolute Gasteiger partial charge is 0.457 e. The van der Waals surface area contributed by atoms with Gasteiger partial charge in [0.15, 0.2) is 0 Å². The Labute approximate surface area is 238 Å². The average molecular weight is 540 g/mol. The molecule has 0 radical (unpaired) electrons. The van der Waals surface area contributed by atoms with Gasteiger partial charge in [-0.25, -0.2) is 0 Å². The topological polar surface area (TPSA) is 74.2 Å². The van der Waals surface area contributed by atoms with Crippen molar-refractivity contribution in [1.82, 2.24) is 5.32 Å². The van der Waals surface area contributed by atoms with Crippen molar-refractivity contribution in [2.75, 3.05) is 11.4 Å². The van der Waals surface area contributed by atoms with Gasteiger partial charge in [0.1, 0.15) is 17.7 Å². The summed E-state index contributed by atoms with van der Waals surface area (Å²) in [6.45, 7) is 5.29. The molecule has 0 aromatic heterocycles. The van der Waals surface area contributed by atoms with Gasteiger partial charge in [-0.3, -0.25) is 9.79 Å². The zero-order valence-electron chi connectivity index (χ0n) is 23.6. The van der Waals surface area contributed by atoms with E-state index < -0.39 is 12.3 Å². The van der Waals surface area contributed by atoms with Crippen molar-refractivity contribution >= 4 is 17.3 Å². The van der Waals surface area contributed by atoms with E-state index in [4.69, 9.17) is 9.73 Å². The maximum absolute atomic E-state index is 13.6. The van der Waals surface area contributed by atoms with Gasteiger partial charge < -0.3 is 20.1 Å². The van der Waals surface area contributed by atoms with Crippen molar-refractivity contribution in [3.05, 3.63) is 90.0 Å². The molecule has 3 atom stereocenters. The molecule has 6 heteroatoms. The highest BCUT2D eigenvalue weighted by atomic mass is 16.5. The van der Waals surface area contributed by atoms with E-state index in [2.05, 4.69) is 41.4 Å². The minimum atomic E-state index is -0.614. The normalized spacial score (nSPS) is 18.2. The number of carbonyl (C=O) groups is 1. The van der Waals surface area contributed by atoms with Crippen molar-refractivity contribution in [2.24, 2.45) is 16.8 Å². The van der Waals surface area contributed by atoms with Crippen LogP contribution in [-0.2, 0) is 11.3 Å². The summed E-state index contributed by atoms with van der Waals surface area (Å²) >= 11 is 0. The molecule has 3 unspecified atom stereocenters. The Morgan fingerprint density at radius 2 is 1.80 bits per heavy atom. The number of benzene rings is 3. The molecule has 3 aromatic carbocycles. The monoisotopic (exact) mass is 539 g/mol. The van der Waals surface area contributed by atoms with Gasteiger partial charge in [0.05, 0.1) is 18.6 Å². The van der Waals surface area contributed by atoms with E-state index in [0.29, 0.717) is 25.4 Å². The quantitative estimate of drug-likeness (QED) is 0.268. The summed E-state index contributed by atoms with van der Waals surface area (Å²) in [5.41, 5.74) is 4.16. The first-order valence-corrected chi connectivity index (χ1v) is 14.7. The molecule has 2 aliphatic rings.